The van der Waals surface area contributed by atoms with Crippen LogP contribution in [0.4, 0.5) is 0 Å². The summed E-state index contributed by atoms with van der Waals surface area (Å²) in [4.78, 5) is 14.0. The average molecular weight is 333 g/mol. The Morgan fingerprint density at radius 2 is 1.83 bits per heavy atom. The van der Waals surface area contributed by atoms with Crippen molar-refractivity contribution < 1.29 is 19.0 Å². The molecule has 0 atom stereocenters. The fourth-order valence-corrected chi connectivity index (χ4v) is 2.73. The van der Waals surface area contributed by atoms with Gasteiger partial charge in [-0.1, -0.05) is 12.7 Å². The number of carbonyl (C=O) groups is 1. The number of benzene rings is 1. The van der Waals surface area contributed by atoms with E-state index in [9.17, 15) is 4.79 Å². The Morgan fingerprint density at radius 3 is 2.42 bits per heavy atom. The van der Waals surface area contributed by atoms with Gasteiger partial charge < -0.3 is 14.2 Å². The summed E-state index contributed by atoms with van der Waals surface area (Å²) in [5.74, 6) is 1.66. The van der Waals surface area contributed by atoms with Crippen LogP contribution in [0.15, 0.2) is 36.9 Å². The molecule has 0 aromatic heterocycles. The summed E-state index contributed by atoms with van der Waals surface area (Å²) in [7, 11) is 0. The van der Waals surface area contributed by atoms with E-state index in [4.69, 9.17) is 14.2 Å². The second-order valence-electron chi connectivity index (χ2n) is 5.79. The molecule has 0 amide bonds. The molecule has 24 heavy (non-hydrogen) atoms. The molecular weight excluding hydrogens is 306 g/mol. The van der Waals surface area contributed by atoms with Gasteiger partial charge in [-0.2, -0.15) is 0 Å². The number of ether oxygens (including phenoxy) is 3. The quantitative estimate of drug-likeness (QED) is 0.514. The molecule has 5 nitrogen and oxygen atoms in total. The molecule has 1 aliphatic rings. The van der Waals surface area contributed by atoms with E-state index < -0.39 is 0 Å². The minimum absolute atomic E-state index is 0.0489. The maximum atomic E-state index is 11.7. The first kappa shape index (κ1) is 18.3. The SMILES string of the molecule is C=CCOc1ccc(OCCN2CCC(C(=O)OCC)CC2)cc1. The molecule has 5 heteroatoms. The predicted octanol–water partition coefficient (Wildman–Crippen LogP) is 2.91. The zero-order valence-electron chi connectivity index (χ0n) is 14.4. The Kier molecular flexibility index (Phi) is 7.62. The van der Waals surface area contributed by atoms with Crippen molar-refractivity contribution in [3.8, 4) is 11.5 Å². The number of hydrogen-bond donors (Lipinski definition) is 0. The lowest BCUT2D eigenvalue weighted by atomic mass is 9.97. The third kappa shape index (κ3) is 5.89. The van der Waals surface area contributed by atoms with Crippen molar-refractivity contribution in [1.82, 2.24) is 4.90 Å². The summed E-state index contributed by atoms with van der Waals surface area (Å²) in [6, 6.07) is 7.60. The lowest BCUT2D eigenvalue weighted by Gasteiger charge is -2.30. The van der Waals surface area contributed by atoms with Crippen LogP contribution in [0, 0.1) is 5.92 Å². The molecule has 0 saturated carbocycles. The first-order valence-electron chi connectivity index (χ1n) is 8.58. The first-order chi connectivity index (χ1) is 11.7. The molecular formula is C19H27NO4. The van der Waals surface area contributed by atoms with E-state index in [1.54, 1.807) is 6.08 Å². The highest BCUT2D eigenvalue weighted by molar-refractivity contribution is 5.72. The third-order valence-electron chi connectivity index (χ3n) is 4.08. The molecule has 132 valence electrons. The molecule has 0 unspecified atom stereocenters. The monoisotopic (exact) mass is 333 g/mol. The van der Waals surface area contributed by atoms with Crippen molar-refractivity contribution in [3.05, 3.63) is 36.9 Å². The van der Waals surface area contributed by atoms with Crippen LogP contribution in [0.2, 0.25) is 0 Å². The molecule has 1 aliphatic heterocycles. The van der Waals surface area contributed by atoms with Gasteiger partial charge in [0.25, 0.3) is 0 Å². The smallest absolute Gasteiger partial charge is 0.309 e. The molecule has 1 fully saturated rings. The van der Waals surface area contributed by atoms with Crippen molar-refractivity contribution in [1.29, 1.82) is 0 Å². The fraction of sp³-hybridized carbons (Fsp3) is 0.526. The van der Waals surface area contributed by atoms with Crippen LogP contribution < -0.4 is 9.47 Å². The normalized spacial score (nSPS) is 15.7. The Balaban J connectivity index is 1.64. The van der Waals surface area contributed by atoms with Gasteiger partial charge >= 0.3 is 5.97 Å². The van der Waals surface area contributed by atoms with Crippen LogP contribution in [0.1, 0.15) is 19.8 Å². The van der Waals surface area contributed by atoms with Crippen LogP contribution in [-0.4, -0.2) is 50.3 Å². The van der Waals surface area contributed by atoms with Gasteiger partial charge in [0.1, 0.15) is 24.7 Å². The summed E-state index contributed by atoms with van der Waals surface area (Å²) >= 11 is 0. The largest absolute Gasteiger partial charge is 0.492 e. The Morgan fingerprint density at radius 1 is 1.21 bits per heavy atom. The molecule has 0 bridgehead atoms. The van der Waals surface area contributed by atoms with E-state index in [0.29, 0.717) is 19.8 Å². The highest BCUT2D eigenvalue weighted by Gasteiger charge is 2.25. The number of nitrogens with zero attached hydrogens (tertiary/aromatic N) is 1. The molecule has 0 N–H and O–H groups in total. The number of piperidine rings is 1. The average Bonchev–Trinajstić information content (AvgIpc) is 2.62. The van der Waals surface area contributed by atoms with Gasteiger partial charge in [-0.15, -0.1) is 0 Å². The van der Waals surface area contributed by atoms with Gasteiger partial charge in [0.15, 0.2) is 0 Å². The Hall–Kier alpha value is -2.01. The predicted molar refractivity (Wildman–Crippen MR) is 93.4 cm³/mol. The van der Waals surface area contributed by atoms with Crippen LogP contribution in [0.3, 0.4) is 0 Å². The first-order valence-corrected chi connectivity index (χ1v) is 8.58. The van der Waals surface area contributed by atoms with Gasteiger partial charge in [-0.05, 0) is 57.1 Å². The number of rotatable bonds is 9. The zero-order chi connectivity index (χ0) is 17.2. The number of hydrogen-bond acceptors (Lipinski definition) is 5. The summed E-state index contributed by atoms with van der Waals surface area (Å²) in [6.07, 6.45) is 3.46. The molecule has 1 heterocycles. The second kappa shape index (κ2) is 9.98. The van der Waals surface area contributed by atoms with Crippen LogP contribution in [-0.2, 0) is 9.53 Å². The van der Waals surface area contributed by atoms with Crippen LogP contribution in [0.5, 0.6) is 11.5 Å². The van der Waals surface area contributed by atoms with E-state index in [-0.39, 0.29) is 11.9 Å². The van der Waals surface area contributed by atoms with Crippen molar-refractivity contribution in [2.45, 2.75) is 19.8 Å². The number of esters is 1. The molecule has 1 saturated heterocycles. The minimum Gasteiger partial charge on any atom is -0.492 e. The van der Waals surface area contributed by atoms with Crippen molar-refractivity contribution >= 4 is 5.97 Å². The van der Waals surface area contributed by atoms with Gasteiger partial charge in [-0.25, -0.2) is 0 Å². The third-order valence-corrected chi connectivity index (χ3v) is 4.08. The van der Waals surface area contributed by atoms with E-state index in [1.165, 1.54) is 0 Å². The molecule has 0 radical (unpaired) electrons. The van der Waals surface area contributed by atoms with E-state index in [0.717, 1.165) is 44.0 Å². The highest BCUT2D eigenvalue weighted by atomic mass is 16.5. The van der Waals surface area contributed by atoms with E-state index >= 15 is 0 Å². The summed E-state index contributed by atoms with van der Waals surface area (Å²) in [6.45, 7) is 9.77. The standard InChI is InChI=1S/C19H27NO4/c1-3-14-23-17-5-7-18(8-6-17)24-15-13-20-11-9-16(10-12-20)19(21)22-4-2/h3,5-8,16H,1,4,9-15H2,2H3. The molecule has 0 spiro atoms. The maximum Gasteiger partial charge on any atom is 0.309 e. The maximum absolute atomic E-state index is 11.7. The Bertz CT molecular complexity index is 507. The molecule has 1 aromatic carbocycles. The molecule has 2 rings (SSSR count). The lowest BCUT2D eigenvalue weighted by molar-refractivity contribution is -0.149. The molecule has 1 aromatic rings. The van der Waals surface area contributed by atoms with Gasteiger partial charge in [0.05, 0.1) is 12.5 Å². The van der Waals surface area contributed by atoms with Crippen LogP contribution in [0.25, 0.3) is 0 Å². The number of carbonyl (C=O) groups excluding carboxylic acids is 1. The fourth-order valence-electron chi connectivity index (χ4n) is 2.73. The number of likely N-dealkylation sites (tertiary alicyclic amines) is 1. The topological polar surface area (TPSA) is 48.0 Å². The van der Waals surface area contributed by atoms with Gasteiger partial charge in [-0.3, -0.25) is 9.69 Å². The second-order valence-corrected chi connectivity index (χ2v) is 5.79. The van der Waals surface area contributed by atoms with Gasteiger partial charge in [0, 0.05) is 6.54 Å². The van der Waals surface area contributed by atoms with Gasteiger partial charge in [0.2, 0.25) is 0 Å². The lowest BCUT2D eigenvalue weighted by Crippen LogP contribution is -2.39. The van der Waals surface area contributed by atoms with E-state index in [2.05, 4.69) is 11.5 Å². The van der Waals surface area contributed by atoms with E-state index in [1.807, 2.05) is 31.2 Å². The van der Waals surface area contributed by atoms with Crippen molar-refractivity contribution in [3.63, 3.8) is 0 Å². The highest BCUT2D eigenvalue weighted by Crippen LogP contribution is 2.20. The minimum atomic E-state index is -0.0489. The summed E-state index contributed by atoms with van der Waals surface area (Å²) < 4.78 is 16.3. The van der Waals surface area contributed by atoms with Crippen molar-refractivity contribution in [2.75, 3.05) is 39.5 Å². The summed E-state index contributed by atoms with van der Waals surface area (Å²) in [5.41, 5.74) is 0. The molecule has 0 aliphatic carbocycles. The Labute approximate surface area is 144 Å². The zero-order valence-corrected chi connectivity index (χ0v) is 14.4. The van der Waals surface area contributed by atoms with Crippen LogP contribution >= 0.6 is 0 Å². The van der Waals surface area contributed by atoms with Crippen molar-refractivity contribution in [2.24, 2.45) is 5.92 Å². The summed E-state index contributed by atoms with van der Waals surface area (Å²) in [5, 5.41) is 0.